The lowest BCUT2D eigenvalue weighted by Gasteiger charge is -2.05. The fourth-order valence-corrected chi connectivity index (χ4v) is 1.79. The number of carboxylic acids is 1. The molecule has 90 valence electrons. The van der Waals surface area contributed by atoms with Gasteiger partial charge in [-0.3, -0.25) is 4.98 Å². The molecule has 0 saturated heterocycles. The first-order valence-corrected chi connectivity index (χ1v) is 5.59. The number of hydrogen-bond acceptors (Lipinski definition) is 2. The molecule has 0 radical (unpaired) electrons. The van der Waals surface area contributed by atoms with Crippen LogP contribution in [-0.2, 0) is 0 Å². The summed E-state index contributed by atoms with van der Waals surface area (Å²) in [6.07, 6.45) is 4.94. The highest BCUT2D eigenvalue weighted by atomic mass is 16.4. The highest BCUT2D eigenvalue weighted by Gasteiger charge is 2.10. The van der Waals surface area contributed by atoms with E-state index in [1.54, 1.807) is 12.3 Å². The number of aromatic carboxylic acids is 1. The van der Waals surface area contributed by atoms with Gasteiger partial charge in [0.05, 0.1) is 5.56 Å². The van der Waals surface area contributed by atoms with Gasteiger partial charge in [0, 0.05) is 12.4 Å². The van der Waals surface area contributed by atoms with Crippen LogP contribution in [0.25, 0.3) is 11.6 Å². The summed E-state index contributed by atoms with van der Waals surface area (Å²) in [5.74, 6) is -0.959. The van der Waals surface area contributed by atoms with Crippen molar-refractivity contribution in [3.8, 4) is 0 Å². The fourth-order valence-electron chi connectivity index (χ4n) is 1.79. The molecule has 2 rings (SSSR count). The van der Waals surface area contributed by atoms with Gasteiger partial charge < -0.3 is 5.11 Å². The van der Waals surface area contributed by atoms with Crippen LogP contribution in [0.1, 0.15) is 28.4 Å². The molecule has 18 heavy (non-hydrogen) atoms. The molecule has 0 aliphatic rings. The van der Waals surface area contributed by atoms with Crippen LogP contribution in [0.3, 0.4) is 0 Å². The summed E-state index contributed by atoms with van der Waals surface area (Å²) in [5.41, 5.74) is 2.87. The highest BCUT2D eigenvalue weighted by molar-refractivity contribution is 5.96. The van der Waals surface area contributed by atoms with Crippen molar-refractivity contribution in [1.29, 1.82) is 0 Å². The van der Waals surface area contributed by atoms with E-state index >= 15 is 0 Å². The quantitative estimate of drug-likeness (QED) is 0.893. The second-order valence-corrected chi connectivity index (χ2v) is 3.96. The predicted octanol–water partition coefficient (Wildman–Crippen LogP) is 3.34. The molecule has 1 aromatic carbocycles. The minimum atomic E-state index is -0.959. The van der Waals surface area contributed by atoms with Crippen molar-refractivity contribution < 1.29 is 9.90 Å². The van der Waals surface area contributed by atoms with Crippen LogP contribution < -0.4 is 0 Å². The summed E-state index contributed by atoms with van der Waals surface area (Å²) < 4.78 is 0. The molecule has 0 bridgehead atoms. The monoisotopic (exact) mass is 239 g/mol. The van der Waals surface area contributed by atoms with Crippen LogP contribution in [-0.4, -0.2) is 16.1 Å². The van der Waals surface area contributed by atoms with Crippen molar-refractivity contribution in [3.63, 3.8) is 0 Å². The number of pyridine rings is 1. The van der Waals surface area contributed by atoms with Crippen LogP contribution in [0, 0.1) is 0 Å². The van der Waals surface area contributed by atoms with Gasteiger partial charge in [-0.05, 0) is 29.7 Å². The summed E-state index contributed by atoms with van der Waals surface area (Å²) in [5, 5.41) is 9.11. The van der Waals surface area contributed by atoms with Crippen LogP contribution >= 0.6 is 0 Å². The lowest BCUT2D eigenvalue weighted by atomic mass is 10.0. The smallest absolute Gasteiger partial charge is 0.337 e. The third kappa shape index (κ3) is 2.63. The Bertz CT molecular complexity index is 588. The molecule has 0 amide bonds. The Morgan fingerprint density at radius 1 is 1.17 bits per heavy atom. The molecule has 0 unspecified atom stereocenters. The van der Waals surface area contributed by atoms with Crippen molar-refractivity contribution in [1.82, 2.24) is 4.98 Å². The largest absolute Gasteiger partial charge is 0.478 e. The number of carboxylic acid groups (broad SMARTS) is 1. The van der Waals surface area contributed by atoms with E-state index in [0.717, 1.165) is 11.1 Å². The van der Waals surface area contributed by atoms with Gasteiger partial charge in [-0.25, -0.2) is 4.79 Å². The lowest BCUT2D eigenvalue weighted by molar-refractivity contribution is 0.0696. The van der Waals surface area contributed by atoms with E-state index in [-0.39, 0.29) is 5.56 Å². The Hall–Kier alpha value is -2.42. The van der Waals surface area contributed by atoms with E-state index in [4.69, 9.17) is 5.11 Å². The highest BCUT2D eigenvalue weighted by Crippen LogP contribution is 2.20. The number of carbonyl (C=O) groups is 1. The Balaban J connectivity index is 2.43. The van der Waals surface area contributed by atoms with E-state index < -0.39 is 5.97 Å². The van der Waals surface area contributed by atoms with Gasteiger partial charge >= 0.3 is 5.97 Å². The molecule has 1 heterocycles. The molecule has 0 atom stereocenters. The normalized spacial score (nSPS) is 11.3. The van der Waals surface area contributed by atoms with Crippen molar-refractivity contribution in [2.45, 2.75) is 6.92 Å². The van der Waals surface area contributed by atoms with E-state index in [2.05, 4.69) is 4.98 Å². The Morgan fingerprint density at radius 3 is 2.56 bits per heavy atom. The predicted molar refractivity (Wildman–Crippen MR) is 71.2 cm³/mol. The van der Waals surface area contributed by atoms with Crippen LogP contribution in [0.5, 0.6) is 0 Å². The summed E-state index contributed by atoms with van der Waals surface area (Å²) in [6.45, 7) is 1.90. The maximum absolute atomic E-state index is 11.1. The van der Waals surface area contributed by atoms with Gasteiger partial charge in [0.2, 0.25) is 0 Å². The SMILES string of the molecule is C/C(=C\c1ccccc1)c1ccncc1C(=O)O. The zero-order valence-electron chi connectivity index (χ0n) is 10.00. The van der Waals surface area contributed by atoms with Gasteiger partial charge in [0.25, 0.3) is 0 Å². The maximum Gasteiger partial charge on any atom is 0.337 e. The Kier molecular flexibility index (Phi) is 3.53. The summed E-state index contributed by atoms with van der Waals surface area (Å²) in [7, 11) is 0. The van der Waals surface area contributed by atoms with Crippen LogP contribution in [0.4, 0.5) is 0 Å². The molecular formula is C15H13NO2. The zero-order valence-corrected chi connectivity index (χ0v) is 10.00. The van der Waals surface area contributed by atoms with E-state index in [9.17, 15) is 4.79 Å². The lowest BCUT2D eigenvalue weighted by Crippen LogP contribution is -2.01. The number of hydrogen-bond donors (Lipinski definition) is 1. The molecule has 1 N–H and O–H groups in total. The summed E-state index contributed by atoms with van der Waals surface area (Å²) in [6, 6.07) is 11.5. The molecule has 0 aliphatic carbocycles. The van der Waals surface area contributed by atoms with Gasteiger partial charge in [0.1, 0.15) is 0 Å². The average Bonchev–Trinajstić information content (AvgIpc) is 2.40. The minimum Gasteiger partial charge on any atom is -0.478 e. The number of nitrogens with zero attached hydrogens (tertiary/aromatic N) is 1. The van der Waals surface area contributed by atoms with Gasteiger partial charge in [0.15, 0.2) is 0 Å². The number of rotatable bonds is 3. The molecular weight excluding hydrogens is 226 g/mol. The van der Waals surface area contributed by atoms with E-state index in [1.807, 2.05) is 43.3 Å². The minimum absolute atomic E-state index is 0.224. The number of allylic oxidation sites excluding steroid dienone is 1. The number of aromatic nitrogens is 1. The van der Waals surface area contributed by atoms with Crippen molar-refractivity contribution in [2.24, 2.45) is 0 Å². The molecule has 3 nitrogen and oxygen atoms in total. The van der Waals surface area contributed by atoms with E-state index in [0.29, 0.717) is 5.56 Å². The molecule has 0 spiro atoms. The Morgan fingerprint density at radius 2 is 1.89 bits per heavy atom. The second-order valence-electron chi connectivity index (χ2n) is 3.96. The third-order valence-corrected chi connectivity index (χ3v) is 2.66. The molecule has 1 aromatic heterocycles. The zero-order chi connectivity index (χ0) is 13.0. The van der Waals surface area contributed by atoms with Crippen LogP contribution in [0.2, 0.25) is 0 Å². The average molecular weight is 239 g/mol. The van der Waals surface area contributed by atoms with Gasteiger partial charge in [-0.15, -0.1) is 0 Å². The first kappa shape index (κ1) is 12.0. The standard InChI is InChI=1S/C15H13NO2/c1-11(9-12-5-3-2-4-6-12)13-7-8-16-10-14(13)15(17)18/h2-10H,1H3,(H,17,18)/b11-9+. The van der Waals surface area contributed by atoms with Crippen molar-refractivity contribution in [3.05, 3.63) is 65.5 Å². The van der Waals surface area contributed by atoms with E-state index in [1.165, 1.54) is 6.20 Å². The Labute approximate surface area is 105 Å². The first-order valence-electron chi connectivity index (χ1n) is 5.59. The molecule has 0 aliphatic heterocycles. The molecule has 0 fully saturated rings. The number of benzene rings is 1. The van der Waals surface area contributed by atoms with Crippen molar-refractivity contribution in [2.75, 3.05) is 0 Å². The second kappa shape index (κ2) is 5.27. The fraction of sp³-hybridized carbons (Fsp3) is 0.0667. The molecule has 2 aromatic rings. The van der Waals surface area contributed by atoms with Gasteiger partial charge in [-0.1, -0.05) is 36.4 Å². The van der Waals surface area contributed by atoms with Crippen LogP contribution in [0.15, 0.2) is 48.8 Å². The molecule has 3 heteroatoms. The molecule has 0 saturated carbocycles. The topological polar surface area (TPSA) is 50.2 Å². The summed E-state index contributed by atoms with van der Waals surface area (Å²) in [4.78, 5) is 15.0. The van der Waals surface area contributed by atoms with Crippen molar-refractivity contribution >= 4 is 17.6 Å². The summed E-state index contributed by atoms with van der Waals surface area (Å²) >= 11 is 0. The van der Waals surface area contributed by atoms with Gasteiger partial charge in [-0.2, -0.15) is 0 Å². The maximum atomic E-state index is 11.1. The first-order chi connectivity index (χ1) is 8.68. The third-order valence-electron chi connectivity index (χ3n) is 2.66.